The number of benzene rings is 1. The second-order valence-electron chi connectivity index (χ2n) is 3.09. The van der Waals surface area contributed by atoms with Crippen molar-refractivity contribution in [2.75, 3.05) is 6.61 Å². The summed E-state index contributed by atoms with van der Waals surface area (Å²) in [6, 6.07) is 8.82. The number of aliphatic hydroxyl groups is 1. The first-order valence-corrected chi connectivity index (χ1v) is 5.06. The third kappa shape index (κ3) is 4.68. The van der Waals surface area contributed by atoms with E-state index in [0.29, 0.717) is 24.5 Å². The zero-order chi connectivity index (χ0) is 11.1. The van der Waals surface area contributed by atoms with Crippen molar-refractivity contribution in [3.8, 4) is 11.8 Å². The van der Waals surface area contributed by atoms with Crippen LogP contribution in [0, 0.1) is 11.3 Å². The van der Waals surface area contributed by atoms with Crippen LogP contribution in [-0.4, -0.2) is 17.8 Å². The van der Waals surface area contributed by atoms with E-state index in [1.54, 1.807) is 30.3 Å². The average molecular weight is 226 g/mol. The van der Waals surface area contributed by atoms with Crippen LogP contribution in [0.1, 0.15) is 12.8 Å². The van der Waals surface area contributed by atoms with Gasteiger partial charge in [0, 0.05) is 5.02 Å². The van der Waals surface area contributed by atoms with Crippen LogP contribution < -0.4 is 4.74 Å². The van der Waals surface area contributed by atoms with Crippen LogP contribution in [0.25, 0.3) is 0 Å². The topological polar surface area (TPSA) is 53.2 Å². The van der Waals surface area contributed by atoms with Crippen molar-refractivity contribution >= 4 is 11.6 Å². The summed E-state index contributed by atoms with van der Waals surface area (Å²) in [6.07, 6.45) is 0.195. The Morgan fingerprint density at radius 1 is 1.40 bits per heavy atom. The third-order valence-electron chi connectivity index (χ3n) is 1.85. The number of halogens is 1. The number of hydrogen-bond donors (Lipinski definition) is 1. The van der Waals surface area contributed by atoms with E-state index in [9.17, 15) is 0 Å². The van der Waals surface area contributed by atoms with E-state index in [0.717, 1.165) is 5.75 Å². The summed E-state index contributed by atoms with van der Waals surface area (Å²) in [7, 11) is 0. The monoisotopic (exact) mass is 225 g/mol. The minimum absolute atomic E-state index is 0.435. The maximum absolute atomic E-state index is 8.96. The van der Waals surface area contributed by atoms with E-state index >= 15 is 0 Å². The Morgan fingerprint density at radius 3 is 2.67 bits per heavy atom. The maximum atomic E-state index is 8.96. The first kappa shape index (κ1) is 11.8. The smallest absolute Gasteiger partial charge is 0.140 e. The fourth-order valence-corrected chi connectivity index (χ4v) is 1.19. The molecular formula is C11H12ClNO2. The molecule has 1 rings (SSSR count). The molecule has 0 bridgehead atoms. The Balaban J connectivity index is 2.21. The molecule has 0 amide bonds. The largest absolute Gasteiger partial charge is 0.494 e. The van der Waals surface area contributed by atoms with Gasteiger partial charge in [0.05, 0.1) is 12.7 Å². The highest BCUT2D eigenvalue weighted by Gasteiger charge is 2.00. The standard InChI is InChI=1S/C11H12ClNO2/c12-9-3-5-11(6-4-9)15-7-1-2-10(14)8-13/h3-6,10,14H,1-2,7H2. The van der Waals surface area contributed by atoms with Crippen LogP contribution >= 0.6 is 11.6 Å². The van der Waals surface area contributed by atoms with Crippen LogP contribution in [0.4, 0.5) is 0 Å². The van der Waals surface area contributed by atoms with E-state index < -0.39 is 6.10 Å². The highest BCUT2D eigenvalue weighted by atomic mass is 35.5. The van der Waals surface area contributed by atoms with Gasteiger partial charge in [0.2, 0.25) is 0 Å². The molecule has 3 nitrogen and oxygen atoms in total. The molecule has 1 atom stereocenters. The molecule has 80 valence electrons. The van der Waals surface area contributed by atoms with Crippen LogP contribution in [0.2, 0.25) is 5.02 Å². The number of ether oxygens (including phenoxy) is 1. The minimum Gasteiger partial charge on any atom is -0.494 e. The van der Waals surface area contributed by atoms with E-state index in [4.69, 9.17) is 26.7 Å². The molecule has 1 aromatic carbocycles. The lowest BCUT2D eigenvalue weighted by molar-refractivity contribution is 0.201. The van der Waals surface area contributed by atoms with E-state index in [1.807, 2.05) is 0 Å². The predicted octanol–water partition coefficient (Wildman–Crippen LogP) is 2.38. The van der Waals surface area contributed by atoms with Crippen molar-refractivity contribution in [3.05, 3.63) is 29.3 Å². The highest BCUT2D eigenvalue weighted by molar-refractivity contribution is 6.30. The van der Waals surface area contributed by atoms with E-state index in [1.165, 1.54) is 0 Å². The zero-order valence-corrected chi connectivity index (χ0v) is 8.94. The van der Waals surface area contributed by atoms with Gasteiger partial charge < -0.3 is 9.84 Å². The molecule has 0 spiro atoms. The Labute approximate surface area is 93.9 Å². The summed E-state index contributed by atoms with van der Waals surface area (Å²) in [5, 5.41) is 18.0. The molecule has 15 heavy (non-hydrogen) atoms. The number of rotatable bonds is 5. The maximum Gasteiger partial charge on any atom is 0.140 e. The molecule has 1 N–H and O–H groups in total. The molecule has 0 saturated carbocycles. The fraction of sp³-hybridized carbons (Fsp3) is 0.364. The Hall–Kier alpha value is -1.24. The molecule has 1 aromatic rings. The molecule has 4 heteroatoms. The summed E-state index contributed by atoms with van der Waals surface area (Å²) in [4.78, 5) is 0. The van der Waals surface area contributed by atoms with Gasteiger partial charge in [-0.1, -0.05) is 11.6 Å². The molecule has 0 aliphatic heterocycles. The van der Waals surface area contributed by atoms with Gasteiger partial charge in [0.25, 0.3) is 0 Å². The van der Waals surface area contributed by atoms with E-state index in [-0.39, 0.29) is 0 Å². The second-order valence-corrected chi connectivity index (χ2v) is 3.53. The molecule has 0 fully saturated rings. The fourth-order valence-electron chi connectivity index (χ4n) is 1.06. The first-order valence-electron chi connectivity index (χ1n) is 4.68. The van der Waals surface area contributed by atoms with Gasteiger partial charge in [-0.2, -0.15) is 5.26 Å². The highest BCUT2D eigenvalue weighted by Crippen LogP contribution is 2.15. The molecule has 0 aliphatic rings. The van der Waals surface area contributed by atoms with Crippen molar-refractivity contribution < 1.29 is 9.84 Å². The molecular weight excluding hydrogens is 214 g/mol. The minimum atomic E-state index is -0.890. The lowest BCUT2D eigenvalue weighted by Crippen LogP contribution is -2.05. The Bertz CT molecular complexity index is 331. The lowest BCUT2D eigenvalue weighted by atomic mass is 10.2. The van der Waals surface area contributed by atoms with Gasteiger partial charge in [-0.05, 0) is 37.1 Å². The molecule has 0 heterocycles. The normalized spacial score (nSPS) is 11.8. The van der Waals surface area contributed by atoms with Gasteiger partial charge in [-0.3, -0.25) is 0 Å². The summed E-state index contributed by atoms with van der Waals surface area (Å²) >= 11 is 5.71. The third-order valence-corrected chi connectivity index (χ3v) is 2.11. The van der Waals surface area contributed by atoms with Crippen molar-refractivity contribution in [3.63, 3.8) is 0 Å². The Morgan fingerprint density at radius 2 is 2.07 bits per heavy atom. The predicted molar refractivity (Wildman–Crippen MR) is 57.8 cm³/mol. The molecule has 0 aliphatic carbocycles. The van der Waals surface area contributed by atoms with Crippen molar-refractivity contribution in [2.45, 2.75) is 18.9 Å². The van der Waals surface area contributed by atoms with Gasteiger partial charge in [0.15, 0.2) is 0 Å². The van der Waals surface area contributed by atoms with E-state index in [2.05, 4.69) is 0 Å². The quantitative estimate of drug-likeness (QED) is 0.618. The van der Waals surface area contributed by atoms with Gasteiger partial charge in [-0.15, -0.1) is 0 Å². The summed E-state index contributed by atoms with van der Waals surface area (Å²) in [6.45, 7) is 0.486. The van der Waals surface area contributed by atoms with Crippen LogP contribution in [0.3, 0.4) is 0 Å². The van der Waals surface area contributed by atoms with Crippen molar-refractivity contribution in [2.24, 2.45) is 0 Å². The van der Waals surface area contributed by atoms with Crippen LogP contribution in [0.5, 0.6) is 5.75 Å². The summed E-state index contributed by atoms with van der Waals surface area (Å²) in [5.74, 6) is 0.742. The van der Waals surface area contributed by atoms with Gasteiger partial charge in [0.1, 0.15) is 11.9 Å². The Kier molecular flexibility index (Phi) is 4.96. The molecule has 0 saturated heterocycles. The lowest BCUT2D eigenvalue weighted by Gasteiger charge is -2.06. The number of nitriles is 1. The number of nitrogens with zero attached hydrogens (tertiary/aromatic N) is 1. The SMILES string of the molecule is N#CC(O)CCCOc1ccc(Cl)cc1. The molecule has 0 aromatic heterocycles. The van der Waals surface area contributed by atoms with Crippen molar-refractivity contribution in [1.82, 2.24) is 0 Å². The van der Waals surface area contributed by atoms with Crippen LogP contribution in [-0.2, 0) is 0 Å². The molecule has 1 unspecified atom stereocenters. The zero-order valence-electron chi connectivity index (χ0n) is 8.19. The summed E-state index contributed by atoms with van der Waals surface area (Å²) < 4.78 is 5.38. The summed E-state index contributed by atoms with van der Waals surface area (Å²) in [5.41, 5.74) is 0. The number of aliphatic hydroxyl groups excluding tert-OH is 1. The number of hydrogen-bond acceptors (Lipinski definition) is 3. The average Bonchev–Trinajstić information content (AvgIpc) is 2.26. The molecule has 0 radical (unpaired) electrons. The van der Waals surface area contributed by atoms with Gasteiger partial charge >= 0.3 is 0 Å². The first-order chi connectivity index (χ1) is 7.22. The second kappa shape index (κ2) is 6.28. The van der Waals surface area contributed by atoms with Gasteiger partial charge in [-0.25, -0.2) is 0 Å². The van der Waals surface area contributed by atoms with Crippen molar-refractivity contribution in [1.29, 1.82) is 5.26 Å². The van der Waals surface area contributed by atoms with Crippen LogP contribution in [0.15, 0.2) is 24.3 Å².